The van der Waals surface area contributed by atoms with Gasteiger partial charge < -0.3 is 15.4 Å². The van der Waals surface area contributed by atoms with Crippen LogP contribution in [0.1, 0.15) is 40.0 Å². The van der Waals surface area contributed by atoms with E-state index in [-0.39, 0.29) is 17.4 Å². The van der Waals surface area contributed by atoms with Crippen LogP contribution in [0, 0.1) is 5.41 Å². The number of hydrogen-bond donors (Lipinski definition) is 1. The van der Waals surface area contributed by atoms with E-state index in [0.29, 0.717) is 26.2 Å². The lowest BCUT2D eigenvalue weighted by molar-refractivity contribution is -0.139. The molecule has 1 heterocycles. The van der Waals surface area contributed by atoms with Crippen molar-refractivity contribution in [3.8, 4) is 0 Å². The lowest BCUT2D eigenvalue weighted by Gasteiger charge is -2.34. The maximum Gasteiger partial charge on any atom is 0.222 e. The Labute approximate surface area is 104 Å². The molecule has 0 aliphatic carbocycles. The molecule has 0 unspecified atom stereocenters. The van der Waals surface area contributed by atoms with Gasteiger partial charge in [0.25, 0.3) is 0 Å². The van der Waals surface area contributed by atoms with Crippen molar-refractivity contribution in [2.75, 3.05) is 26.3 Å². The third-order valence-corrected chi connectivity index (χ3v) is 3.52. The van der Waals surface area contributed by atoms with Crippen molar-refractivity contribution in [3.05, 3.63) is 0 Å². The van der Waals surface area contributed by atoms with E-state index in [1.54, 1.807) is 0 Å². The Balaban J connectivity index is 2.38. The predicted molar refractivity (Wildman–Crippen MR) is 68.7 cm³/mol. The number of ether oxygens (including phenoxy) is 1. The quantitative estimate of drug-likeness (QED) is 0.792. The summed E-state index contributed by atoms with van der Waals surface area (Å²) in [4.78, 5) is 14.0. The van der Waals surface area contributed by atoms with Crippen molar-refractivity contribution >= 4 is 5.91 Å². The number of hydrogen-bond acceptors (Lipinski definition) is 3. The molecule has 100 valence electrons. The first-order chi connectivity index (χ1) is 7.96. The summed E-state index contributed by atoms with van der Waals surface area (Å²) in [6.07, 6.45) is 2.50. The number of rotatable bonds is 5. The van der Waals surface area contributed by atoms with Gasteiger partial charge in [0.05, 0.1) is 19.3 Å². The monoisotopic (exact) mass is 242 g/mol. The van der Waals surface area contributed by atoms with Gasteiger partial charge in [0.15, 0.2) is 0 Å². The van der Waals surface area contributed by atoms with Crippen molar-refractivity contribution in [2.45, 2.75) is 46.1 Å². The van der Waals surface area contributed by atoms with Gasteiger partial charge in [0.1, 0.15) is 0 Å². The van der Waals surface area contributed by atoms with Crippen LogP contribution in [0.4, 0.5) is 0 Å². The Bertz CT molecular complexity index is 254. The minimum Gasteiger partial charge on any atom is -0.377 e. The lowest BCUT2D eigenvalue weighted by Crippen LogP contribution is -2.47. The van der Waals surface area contributed by atoms with Crippen molar-refractivity contribution < 1.29 is 9.53 Å². The summed E-state index contributed by atoms with van der Waals surface area (Å²) in [7, 11) is 0. The second-order valence-corrected chi connectivity index (χ2v) is 5.71. The highest BCUT2D eigenvalue weighted by Crippen LogP contribution is 2.26. The fraction of sp³-hybridized carbons (Fsp3) is 0.923. The summed E-state index contributed by atoms with van der Waals surface area (Å²) in [5, 5.41) is 0. The zero-order valence-electron chi connectivity index (χ0n) is 11.4. The molecule has 1 rings (SSSR count). The number of carbonyl (C=O) groups is 1. The van der Waals surface area contributed by atoms with Crippen molar-refractivity contribution in [1.29, 1.82) is 0 Å². The molecular weight excluding hydrogens is 216 g/mol. The zero-order valence-corrected chi connectivity index (χ0v) is 11.4. The Morgan fingerprint density at radius 2 is 2.18 bits per heavy atom. The Hall–Kier alpha value is -0.610. The molecule has 0 aromatic heterocycles. The molecule has 1 amide bonds. The second kappa shape index (κ2) is 6.36. The Morgan fingerprint density at radius 3 is 2.76 bits per heavy atom. The highest BCUT2D eigenvalue weighted by atomic mass is 16.5. The molecule has 2 N–H and O–H groups in total. The molecular formula is C13H26N2O2. The van der Waals surface area contributed by atoms with Crippen LogP contribution in [0.2, 0.25) is 0 Å². The zero-order chi connectivity index (χ0) is 12.9. The molecule has 1 aliphatic rings. The molecule has 0 spiro atoms. The van der Waals surface area contributed by atoms with Gasteiger partial charge >= 0.3 is 0 Å². The van der Waals surface area contributed by atoms with Crippen LogP contribution in [-0.2, 0) is 9.53 Å². The molecule has 0 bridgehead atoms. The van der Waals surface area contributed by atoms with Gasteiger partial charge in [-0.1, -0.05) is 13.8 Å². The van der Waals surface area contributed by atoms with Crippen LogP contribution < -0.4 is 5.73 Å². The van der Waals surface area contributed by atoms with E-state index in [4.69, 9.17) is 10.5 Å². The van der Waals surface area contributed by atoms with E-state index in [1.807, 2.05) is 11.8 Å². The average Bonchev–Trinajstić information content (AvgIpc) is 2.27. The third-order valence-electron chi connectivity index (χ3n) is 3.52. The van der Waals surface area contributed by atoms with E-state index in [2.05, 4.69) is 13.8 Å². The minimum atomic E-state index is 0.167. The Morgan fingerprint density at radius 1 is 1.47 bits per heavy atom. The van der Waals surface area contributed by atoms with E-state index < -0.39 is 0 Å². The molecule has 4 nitrogen and oxygen atoms in total. The standard InChI is InChI=1S/C13H26N2O2/c1-11-10-17-9-8-15(11)12(16)4-5-13(2,3)6-7-14/h11H,4-10,14H2,1-3H3/t11-/m1/s1. The molecule has 0 saturated carbocycles. The van der Waals surface area contributed by atoms with Crippen LogP contribution in [0.5, 0.6) is 0 Å². The number of nitrogens with zero attached hydrogens (tertiary/aromatic N) is 1. The summed E-state index contributed by atoms with van der Waals surface area (Å²) < 4.78 is 5.34. The fourth-order valence-electron chi connectivity index (χ4n) is 2.20. The van der Waals surface area contributed by atoms with Gasteiger partial charge in [0, 0.05) is 13.0 Å². The number of amides is 1. The van der Waals surface area contributed by atoms with Gasteiger partial charge in [-0.25, -0.2) is 0 Å². The third kappa shape index (κ3) is 4.64. The van der Waals surface area contributed by atoms with Crippen molar-refractivity contribution in [3.63, 3.8) is 0 Å². The summed E-state index contributed by atoms with van der Waals surface area (Å²) >= 11 is 0. The molecule has 1 atom stereocenters. The van der Waals surface area contributed by atoms with E-state index in [9.17, 15) is 4.79 Å². The van der Waals surface area contributed by atoms with Crippen LogP contribution in [0.25, 0.3) is 0 Å². The summed E-state index contributed by atoms with van der Waals surface area (Å²) in [6.45, 7) is 9.15. The van der Waals surface area contributed by atoms with Crippen LogP contribution in [-0.4, -0.2) is 43.2 Å². The first-order valence-corrected chi connectivity index (χ1v) is 6.53. The smallest absolute Gasteiger partial charge is 0.222 e. The van der Waals surface area contributed by atoms with Gasteiger partial charge in [0.2, 0.25) is 5.91 Å². The molecule has 1 fully saturated rings. The lowest BCUT2D eigenvalue weighted by atomic mass is 9.84. The molecule has 17 heavy (non-hydrogen) atoms. The SMILES string of the molecule is C[C@@H]1COCCN1C(=O)CCC(C)(C)CCN. The normalized spacial score (nSPS) is 21.6. The molecule has 1 saturated heterocycles. The van der Waals surface area contributed by atoms with E-state index in [0.717, 1.165) is 19.4 Å². The number of morpholine rings is 1. The highest BCUT2D eigenvalue weighted by molar-refractivity contribution is 5.76. The summed E-state index contributed by atoms with van der Waals surface area (Å²) in [6, 6.07) is 0.217. The van der Waals surface area contributed by atoms with Crippen molar-refractivity contribution in [1.82, 2.24) is 4.90 Å². The van der Waals surface area contributed by atoms with E-state index >= 15 is 0 Å². The number of carbonyl (C=O) groups excluding carboxylic acids is 1. The van der Waals surface area contributed by atoms with Gasteiger partial charge in [-0.15, -0.1) is 0 Å². The number of nitrogens with two attached hydrogens (primary N) is 1. The van der Waals surface area contributed by atoms with Crippen molar-refractivity contribution in [2.24, 2.45) is 11.1 Å². The van der Waals surface area contributed by atoms with Crippen LogP contribution in [0.15, 0.2) is 0 Å². The Kier molecular flexibility index (Phi) is 5.40. The first-order valence-electron chi connectivity index (χ1n) is 6.53. The second-order valence-electron chi connectivity index (χ2n) is 5.71. The van der Waals surface area contributed by atoms with Gasteiger partial charge in [-0.2, -0.15) is 0 Å². The van der Waals surface area contributed by atoms with Crippen LogP contribution in [0.3, 0.4) is 0 Å². The molecule has 1 aliphatic heterocycles. The largest absolute Gasteiger partial charge is 0.377 e. The van der Waals surface area contributed by atoms with E-state index in [1.165, 1.54) is 0 Å². The fourth-order valence-corrected chi connectivity index (χ4v) is 2.20. The van der Waals surface area contributed by atoms with Gasteiger partial charge in [-0.3, -0.25) is 4.79 Å². The maximum absolute atomic E-state index is 12.1. The van der Waals surface area contributed by atoms with Gasteiger partial charge in [-0.05, 0) is 31.7 Å². The first kappa shape index (κ1) is 14.5. The highest BCUT2D eigenvalue weighted by Gasteiger charge is 2.25. The molecule has 0 aromatic rings. The average molecular weight is 242 g/mol. The molecule has 0 radical (unpaired) electrons. The summed E-state index contributed by atoms with van der Waals surface area (Å²) in [5.41, 5.74) is 5.74. The minimum absolute atomic E-state index is 0.167. The molecule has 0 aromatic carbocycles. The topological polar surface area (TPSA) is 55.6 Å². The predicted octanol–water partition coefficient (Wildman–Crippen LogP) is 1.39. The van der Waals surface area contributed by atoms with Crippen LogP contribution >= 0.6 is 0 Å². The molecule has 4 heteroatoms. The summed E-state index contributed by atoms with van der Waals surface area (Å²) in [5.74, 6) is 0.255. The maximum atomic E-state index is 12.1.